The highest BCUT2D eigenvalue weighted by molar-refractivity contribution is 6.25. The summed E-state index contributed by atoms with van der Waals surface area (Å²) in [6.45, 7) is 4.79. The number of ketones is 1. The minimum atomic E-state index is -1.74. The number of hydrogen-bond acceptors (Lipinski definition) is 6. The van der Waals surface area contributed by atoms with Gasteiger partial charge in [0.15, 0.2) is 17.1 Å². The molecule has 8 heteroatoms. The average Bonchev–Trinajstić information content (AvgIpc) is 3.39. The van der Waals surface area contributed by atoms with E-state index in [2.05, 4.69) is 0 Å². The quantitative estimate of drug-likeness (QED) is 0.620. The number of aliphatic hydroxyl groups is 1. The van der Waals surface area contributed by atoms with Crippen molar-refractivity contribution < 1.29 is 23.9 Å². The summed E-state index contributed by atoms with van der Waals surface area (Å²) in [7, 11) is 3.71. The van der Waals surface area contributed by atoms with E-state index in [9.17, 15) is 19.5 Å². The molecule has 2 aliphatic rings. The van der Waals surface area contributed by atoms with Gasteiger partial charge in [0.1, 0.15) is 5.76 Å². The summed E-state index contributed by atoms with van der Waals surface area (Å²) in [5, 5.41) is 11.0. The van der Waals surface area contributed by atoms with Gasteiger partial charge in [-0.15, -0.1) is 0 Å². The Bertz CT molecular complexity index is 1150. The third-order valence-corrected chi connectivity index (χ3v) is 6.29. The van der Waals surface area contributed by atoms with E-state index in [4.69, 9.17) is 4.42 Å². The maximum atomic E-state index is 14.2. The van der Waals surface area contributed by atoms with Gasteiger partial charge in [0.05, 0.1) is 11.3 Å². The first kappa shape index (κ1) is 22.8. The van der Waals surface area contributed by atoms with Crippen molar-refractivity contribution in [2.75, 3.05) is 38.6 Å². The van der Waals surface area contributed by atoms with Gasteiger partial charge in [0.25, 0.3) is 11.8 Å². The molecule has 4 rings (SSSR count). The number of Topliss-reactive ketones (excluding diaryl/α,β-unsaturated/α-hetero) is 1. The van der Waals surface area contributed by atoms with Crippen molar-refractivity contribution in [3.05, 3.63) is 64.8 Å². The van der Waals surface area contributed by atoms with Gasteiger partial charge in [-0.25, -0.2) is 0 Å². The second kappa shape index (κ2) is 8.51. The summed E-state index contributed by atoms with van der Waals surface area (Å²) in [5.74, 6) is -2.00. The fourth-order valence-corrected chi connectivity index (χ4v) is 4.69. The number of aliphatic hydroxyl groups excluding tert-OH is 1. The zero-order valence-corrected chi connectivity index (χ0v) is 19.4. The standard InChI is InChI=1S/C25H29N3O5/c1-5-6-13-27-18-10-8-7-9-17(18)25(24(27)32)20(21(29)19-12-11-16(2)33-19)22(30)23(31)28(25)15-14-26(3)4/h7-12,30H,5-6,13-15H2,1-4H3. The molecule has 0 radical (unpaired) electrons. The molecule has 1 N–H and O–H groups in total. The molecular weight excluding hydrogens is 422 g/mol. The number of hydrogen-bond donors (Lipinski definition) is 1. The topological polar surface area (TPSA) is 94.3 Å². The van der Waals surface area contributed by atoms with Gasteiger partial charge in [-0.05, 0) is 45.6 Å². The Hall–Kier alpha value is -3.39. The number of amides is 2. The van der Waals surface area contributed by atoms with Gasteiger partial charge in [-0.2, -0.15) is 0 Å². The lowest BCUT2D eigenvalue weighted by Gasteiger charge is -2.36. The van der Waals surface area contributed by atoms with Crippen LogP contribution in [0.4, 0.5) is 5.69 Å². The number of para-hydroxylation sites is 1. The Morgan fingerprint density at radius 2 is 1.85 bits per heavy atom. The number of furan rings is 1. The van der Waals surface area contributed by atoms with Gasteiger partial charge in [-0.3, -0.25) is 14.4 Å². The van der Waals surface area contributed by atoms with Gasteiger partial charge >= 0.3 is 0 Å². The Balaban J connectivity index is 1.96. The number of carbonyl (C=O) groups excluding carboxylic acids is 3. The van der Waals surface area contributed by atoms with Gasteiger partial charge < -0.3 is 24.2 Å². The maximum Gasteiger partial charge on any atom is 0.290 e. The second-order valence-corrected chi connectivity index (χ2v) is 8.76. The normalized spacial score (nSPS) is 20.0. The lowest BCUT2D eigenvalue weighted by molar-refractivity contribution is -0.140. The molecule has 1 aromatic carbocycles. The van der Waals surface area contributed by atoms with Crippen molar-refractivity contribution in [1.82, 2.24) is 9.80 Å². The number of anilines is 1. The number of likely N-dealkylation sites (N-methyl/N-ethyl adjacent to an activating group) is 1. The highest BCUT2D eigenvalue weighted by Crippen LogP contribution is 2.53. The van der Waals surface area contributed by atoms with Crippen molar-refractivity contribution >= 4 is 23.3 Å². The molecule has 2 amide bonds. The second-order valence-electron chi connectivity index (χ2n) is 8.76. The zero-order valence-electron chi connectivity index (χ0n) is 19.4. The monoisotopic (exact) mass is 451 g/mol. The minimum absolute atomic E-state index is 0.0204. The number of fused-ring (bicyclic) bond motifs is 2. The van der Waals surface area contributed by atoms with Crippen LogP contribution in [0, 0.1) is 6.92 Å². The summed E-state index contributed by atoms with van der Waals surface area (Å²) in [5.41, 5.74) is -0.806. The highest BCUT2D eigenvalue weighted by atomic mass is 16.3. The van der Waals surface area contributed by atoms with Gasteiger partial charge in [-0.1, -0.05) is 31.5 Å². The van der Waals surface area contributed by atoms with Crippen LogP contribution in [0.2, 0.25) is 0 Å². The number of unbranched alkanes of at least 4 members (excludes halogenated alkanes) is 1. The third kappa shape index (κ3) is 3.36. The first-order valence-electron chi connectivity index (χ1n) is 11.2. The molecule has 1 spiro atoms. The predicted octanol–water partition coefficient (Wildman–Crippen LogP) is 3.03. The minimum Gasteiger partial charge on any atom is -0.503 e. The molecule has 0 fully saturated rings. The van der Waals surface area contributed by atoms with E-state index in [-0.39, 0.29) is 17.9 Å². The Labute approximate surface area is 193 Å². The Morgan fingerprint density at radius 1 is 1.12 bits per heavy atom. The van der Waals surface area contributed by atoms with E-state index >= 15 is 0 Å². The van der Waals surface area contributed by atoms with Crippen molar-refractivity contribution in [2.45, 2.75) is 32.2 Å². The van der Waals surface area contributed by atoms with Crippen molar-refractivity contribution in [3.63, 3.8) is 0 Å². The summed E-state index contributed by atoms with van der Waals surface area (Å²) >= 11 is 0. The fraction of sp³-hybridized carbons (Fsp3) is 0.400. The van der Waals surface area contributed by atoms with Crippen molar-refractivity contribution in [2.24, 2.45) is 0 Å². The van der Waals surface area contributed by atoms with Crippen LogP contribution in [-0.2, 0) is 15.1 Å². The molecule has 0 aliphatic carbocycles. The fourth-order valence-electron chi connectivity index (χ4n) is 4.69. The van der Waals surface area contributed by atoms with Crippen molar-refractivity contribution in [1.29, 1.82) is 0 Å². The Morgan fingerprint density at radius 3 is 2.48 bits per heavy atom. The van der Waals surface area contributed by atoms with E-state index in [1.807, 2.05) is 38.1 Å². The molecular formula is C25H29N3O5. The molecule has 0 saturated heterocycles. The molecule has 1 aromatic heterocycles. The molecule has 33 heavy (non-hydrogen) atoms. The molecule has 2 aromatic rings. The SMILES string of the molecule is CCCCN1C(=O)C2(C(C(=O)c3ccc(C)o3)=C(O)C(=O)N2CCN(C)C)c2ccccc21. The van der Waals surface area contributed by atoms with E-state index in [0.717, 1.165) is 12.8 Å². The average molecular weight is 452 g/mol. The molecule has 2 aliphatic heterocycles. The summed E-state index contributed by atoms with van der Waals surface area (Å²) in [6.07, 6.45) is 1.64. The largest absolute Gasteiger partial charge is 0.503 e. The van der Waals surface area contributed by atoms with Crippen LogP contribution in [-0.4, -0.2) is 66.2 Å². The van der Waals surface area contributed by atoms with Crippen molar-refractivity contribution in [3.8, 4) is 0 Å². The van der Waals surface area contributed by atoms with E-state index in [0.29, 0.717) is 30.1 Å². The van der Waals surface area contributed by atoms with Crippen LogP contribution < -0.4 is 4.90 Å². The first-order valence-corrected chi connectivity index (χ1v) is 11.2. The van der Waals surface area contributed by atoms with Crippen LogP contribution >= 0.6 is 0 Å². The van der Waals surface area contributed by atoms with E-state index in [1.54, 1.807) is 30.0 Å². The molecule has 8 nitrogen and oxygen atoms in total. The van der Waals surface area contributed by atoms with Crippen LogP contribution in [0.25, 0.3) is 0 Å². The van der Waals surface area contributed by atoms with Crippen LogP contribution in [0.3, 0.4) is 0 Å². The van der Waals surface area contributed by atoms with E-state index in [1.165, 1.54) is 11.0 Å². The Kier molecular flexibility index (Phi) is 5.88. The first-order chi connectivity index (χ1) is 15.7. The molecule has 0 saturated carbocycles. The van der Waals surface area contributed by atoms with E-state index < -0.39 is 28.9 Å². The number of carbonyl (C=O) groups is 3. The zero-order chi connectivity index (χ0) is 23.9. The van der Waals surface area contributed by atoms with Crippen LogP contribution in [0.1, 0.15) is 41.6 Å². The number of aryl methyl sites for hydroxylation is 1. The third-order valence-electron chi connectivity index (χ3n) is 6.29. The summed E-state index contributed by atoms with van der Waals surface area (Å²) in [4.78, 5) is 46.1. The number of nitrogens with zero attached hydrogens (tertiary/aromatic N) is 3. The van der Waals surface area contributed by atoms with Gasteiger partial charge in [0.2, 0.25) is 5.78 Å². The molecule has 1 atom stereocenters. The number of benzene rings is 1. The lowest BCUT2D eigenvalue weighted by Crippen LogP contribution is -2.55. The maximum absolute atomic E-state index is 14.2. The molecule has 0 bridgehead atoms. The highest BCUT2D eigenvalue weighted by Gasteiger charge is 2.65. The number of rotatable bonds is 8. The molecule has 1 unspecified atom stereocenters. The van der Waals surface area contributed by atoms with Gasteiger partial charge in [0, 0.05) is 25.2 Å². The summed E-state index contributed by atoms with van der Waals surface area (Å²) < 4.78 is 5.53. The van der Waals surface area contributed by atoms with Crippen LogP contribution in [0.5, 0.6) is 0 Å². The smallest absolute Gasteiger partial charge is 0.290 e. The predicted molar refractivity (Wildman–Crippen MR) is 123 cm³/mol. The molecule has 174 valence electrons. The summed E-state index contributed by atoms with van der Waals surface area (Å²) in [6, 6.07) is 10.3. The molecule has 3 heterocycles. The lowest BCUT2D eigenvalue weighted by atomic mass is 9.81. The van der Waals surface area contributed by atoms with Crippen LogP contribution in [0.15, 0.2) is 52.1 Å².